The number of rotatable bonds is 4. The molecule has 35 heavy (non-hydrogen) atoms. The topological polar surface area (TPSA) is 0 Å². The normalized spacial score (nSPS) is 11.4. The SMILES string of the molecule is CC(C)c1ccc(-c2cc(-c3cccc4ccccc34)cc(-c3cccc4ccccc34)c2)cc1. The fourth-order valence-electron chi connectivity index (χ4n) is 5.12. The standard InChI is InChI=1S/C35H28/c1-24(2)25-17-19-26(20-18-25)29-21-30(34-15-7-11-27-9-3-5-13-32(27)34)23-31(22-29)35-16-8-12-28-10-4-6-14-33(28)35/h3-24H,1-2H3. The molecule has 0 heteroatoms. The second kappa shape index (κ2) is 8.89. The summed E-state index contributed by atoms with van der Waals surface area (Å²) in [6.45, 7) is 4.49. The maximum atomic E-state index is 2.36. The first-order valence-electron chi connectivity index (χ1n) is 12.4. The smallest absolute Gasteiger partial charge is 0.0105 e. The largest absolute Gasteiger partial charge is 0.0616 e. The highest BCUT2D eigenvalue weighted by Gasteiger charge is 2.12. The maximum Gasteiger partial charge on any atom is -0.0105 e. The molecule has 0 N–H and O–H groups in total. The fourth-order valence-corrected chi connectivity index (χ4v) is 5.12. The highest BCUT2D eigenvalue weighted by atomic mass is 14.2. The molecular weight excluding hydrogens is 420 g/mol. The number of hydrogen-bond donors (Lipinski definition) is 0. The third kappa shape index (κ3) is 4.02. The lowest BCUT2D eigenvalue weighted by Crippen LogP contribution is -1.90. The molecule has 0 amide bonds. The molecule has 0 aliphatic rings. The van der Waals surface area contributed by atoms with Crippen molar-refractivity contribution in [2.45, 2.75) is 19.8 Å². The predicted molar refractivity (Wildman–Crippen MR) is 152 cm³/mol. The van der Waals surface area contributed by atoms with E-state index in [2.05, 4.69) is 141 Å². The Kier molecular flexibility index (Phi) is 5.43. The van der Waals surface area contributed by atoms with Crippen molar-refractivity contribution in [1.82, 2.24) is 0 Å². The summed E-state index contributed by atoms with van der Waals surface area (Å²) in [6, 6.07) is 46.7. The summed E-state index contributed by atoms with van der Waals surface area (Å²) < 4.78 is 0. The van der Waals surface area contributed by atoms with Crippen LogP contribution in [0.2, 0.25) is 0 Å². The molecular formula is C35H28. The average Bonchev–Trinajstić information content (AvgIpc) is 2.92. The summed E-state index contributed by atoms with van der Waals surface area (Å²) in [7, 11) is 0. The van der Waals surface area contributed by atoms with Crippen LogP contribution in [0.25, 0.3) is 54.9 Å². The summed E-state index contributed by atoms with van der Waals surface area (Å²) in [6.07, 6.45) is 0. The lowest BCUT2D eigenvalue weighted by Gasteiger charge is -2.15. The zero-order valence-electron chi connectivity index (χ0n) is 20.2. The number of fused-ring (bicyclic) bond motifs is 2. The molecule has 0 nitrogen and oxygen atoms in total. The molecule has 0 aromatic heterocycles. The molecule has 0 saturated heterocycles. The Morgan fingerprint density at radius 1 is 0.400 bits per heavy atom. The Morgan fingerprint density at radius 3 is 1.37 bits per heavy atom. The van der Waals surface area contributed by atoms with Crippen LogP contribution in [-0.2, 0) is 0 Å². The molecule has 0 fully saturated rings. The Bertz CT molecular complexity index is 1540. The molecule has 0 heterocycles. The van der Waals surface area contributed by atoms with Crippen molar-refractivity contribution < 1.29 is 0 Å². The zero-order valence-corrected chi connectivity index (χ0v) is 20.2. The first kappa shape index (κ1) is 21.4. The molecule has 168 valence electrons. The van der Waals surface area contributed by atoms with Gasteiger partial charge in [0.1, 0.15) is 0 Å². The molecule has 6 aromatic carbocycles. The summed E-state index contributed by atoms with van der Waals surface area (Å²) in [5.41, 5.74) is 8.89. The Morgan fingerprint density at radius 2 is 0.857 bits per heavy atom. The fraction of sp³-hybridized carbons (Fsp3) is 0.0857. The van der Waals surface area contributed by atoms with Crippen molar-refractivity contribution in [3.05, 3.63) is 133 Å². The molecule has 6 rings (SSSR count). The van der Waals surface area contributed by atoms with E-state index in [0.29, 0.717) is 5.92 Å². The second-order valence-electron chi connectivity index (χ2n) is 9.63. The Balaban J connectivity index is 1.61. The molecule has 0 radical (unpaired) electrons. The summed E-state index contributed by atoms with van der Waals surface area (Å²) in [4.78, 5) is 0. The van der Waals surface area contributed by atoms with E-state index >= 15 is 0 Å². The van der Waals surface area contributed by atoms with Crippen LogP contribution in [0.15, 0.2) is 127 Å². The molecule has 0 atom stereocenters. The molecule has 0 aliphatic carbocycles. The van der Waals surface area contributed by atoms with Gasteiger partial charge in [0, 0.05) is 0 Å². The van der Waals surface area contributed by atoms with Gasteiger partial charge in [-0.05, 0) is 84.6 Å². The number of benzene rings is 6. The van der Waals surface area contributed by atoms with Gasteiger partial charge in [-0.15, -0.1) is 0 Å². The van der Waals surface area contributed by atoms with Gasteiger partial charge in [-0.2, -0.15) is 0 Å². The Hall–Kier alpha value is -4.16. The van der Waals surface area contributed by atoms with E-state index in [1.807, 2.05) is 0 Å². The minimum absolute atomic E-state index is 0.525. The van der Waals surface area contributed by atoms with Crippen LogP contribution in [0.3, 0.4) is 0 Å². The van der Waals surface area contributed by atoms with Crippen molar-refractivity contribution in [1.29, 1.82) is 0 Å². The Labute approximate surface area is 207 Å². The van der Waals surface area contributed by atoms with E-state index in [1.54, 1.807) is 0 Å². The van der Waals surface area contributed by atoms with Crippen molar-refractivity contribution in [2.75, 3.05) is 0 Å². The first-order valence-corrected chi connectivity index (χ1v) is 12.4. The zero-order chi connectivity index (χ0) is 23.8. The van der Waals surface area contributed by atoms with Gasteiger partial charge in [-0.25, -0.2) is 0 Å². The van der Waals surface area contributed by atoms with Gasteiger partial charge in [0.25, 0.3) is 0 Å². The van der Waals surface area contributed by atoms with E-state index in [0.717, 1.165) is 0 Å². The number of hydrogen-bond acceptors (Lipinski definition) is 0. The lowest BCUT2D eigenvalue weighted by molar-refractivity contribution is 0.867. The van der Waals surface area contributed by atoms with E-state index in [9.17, 15) is 0 Å². The molecule has 0 bridgehead atoms. The van der Waals surface area contributed by atoms with E-state index < -0.39 is 0 Å². The summed E-state index contributed by atoms with van der Waals surface area (Å²) in [5, 5.41) is 5.10. The summed E-state index contributed by atoms with van der Waals surface area (Å²) >= 11 is 0. The summed E-state index contributed by atoms with van der Waals surface area (Å²) in [5.74, 6) is 0.525. The van der Waals surface area contributed by atoms with Crippen LogP contribution in [0.1, 0.15) is 25.3 Å². The second-order valence-corrected chi connectivity index (χ2v) is 9.63. The molecule has 0 unspecified atom stereocenters. The van der Waals surface area contributed by atoms with Gasteiger partial charge in [0.2, 0.25) is 0 Å². The monoisotopic (exact) mass is 448 g/mol. The van der Waals surface area contributed by atoms with Crippen LogP contribution >= 0.6 is 0 Å². The lowest BCUT2D eigenvalue weighted by atomic mass is 9.89. The molecule has 6 aromatic rings. The van der Waals surface area contributed by atoms with Gasteiger partial charge in [-0.1, -0.05) is 123 Å². The van der Waals surface area contributed by atoms with Gasteiger partial charge in [-0.3, -0.25) is 0 Å². The first-order chi connectivity index (χ1) is 17.2. The minimum atomic E-state index is 0.525. The minimum Gasteiger partial charge on any atom is -0.0616 e. The van der Waals surface area contributed by atoms with E-state index in [-0.39, 0.29) is 0 Å². The third-order valence-electron chi connectivity index (χ3n) is 7.04. The van der Waals surface area contributed by atoms with E-state index in [4.69, 9.17) is 0 Å². The van der Waals surface area contributed by atoms with Gasteiger partial charge >= 0.3 is 0 Å². The van der Waals surface area contributed by atoms with Crippen molar-refractivity contribution in [2.24, 2.45) is 0 Å². The average molecular weight is 449 g/mol. The van der Waals surface area contributed by atoms with Crippen LogP contribution < -0.4 is 0 Å². The third-order valence-corrected chi connectivity index (χ3v) is 7.04. The van der Waals surface area contributed by atoms with Crippen LogP contribution in [0, 0.1) is 0 Å². The van der Waals surface area contributed by atoms with Gasteiger partial charge in [0.15, 0.2) is 0 Å². The van der Waals surface area contributed by atoms with Crippen molar-refractivity contribution >= 4 is 21.5 Å². The van der Waals surface area contributed by atoms with E-state index in [1.165, 1.54) is 60.5 Å². The van der Waals surface area contributed by atoms with Crippen LogP contribution in [0.4, 0.5) is 0 Å². The van der Waals surface area contributed by atoms with Crippen molar-refractivity contribution in [3.8, 4) is 33.4 Å². The quantitative estimate of drug-likeness (QED) is 0.252. The predicted octanol–water partition coefficient (Wildman–Crippen LogP) is 10.1. The highest BCUT2D eigenvalue weighted by Crippen LogP contribution is 2.38. The van der Waals surface area contributed by atoms with Crippen molar-refractivity contribution in [3.63, 3.8) is 0 Å². The maximum absolute atomic E-state index is 2.36. The molecule has 0 saturated carbocycles. The molecule has 0 spiro atoms. The van der Waals surface area contributed by atoms with Gasteiger partial charge < -0.3 is 0 Å². The van der Waals surface area contributed by atoms with Gasteiger partial charge in [0.05, 0.1) is 0 Å². The van der Waals surface area contributed by atoms with Crippen LogP contribution in [0.5, 0.6) is 0 Å². The molecule has 0 aliphatic heterocycles. The highest BCUT2D eigenvalue weighted by molar-refractivity contribution is 6.01. The van der Waals surface area contributed by atoms with Crippen LogP contribution in [-0.4, -0.2) is 0 Å².